The molecule has 0 bridgehead atoms. The molecule has 1 aromatic carbocycles. The summed E-state index contributed by atoms with van der Waals surface area (Å²) in [7, 11) is 1.88. The number of nitrogens with zero attached hydrogens (tertiary/aromatic N) is 2. The van der Waals surface area contributed by atoms with Crippen LogP contribution in [0.4, 0.5) is 4.79 Å². The Morgan fingerprint density at radius 2 is 1.90 bits per heavy atom. The summed E-state index contributed by atoms with van der Waals surface area (Å²) >= 11 is 5.88. The van der Waals surface area contributed by atoms with Crippen molar-refractivity contribution in [2.24, 2.45) is 11.3 Å². The van der Waals surface area contributed by atoms with Crippen molar-refractivity contribution < 1.29 is 9.59 Å². The molecule has 1 unspecified atom stereocenters. The molecule has 0 aromatic heterocycles. The molecule has 0 radical (unpaired) electrons. The number of urea groups is 1. The SMILES string of the molecule is CC(C1CC2(CC(NC(=O)NCc3ccc(Cl)cc3)C2)C1)N1CCN(C)C(=O)C1. The Balaban J connectivity index is 1.15. The molecule has 1 aromatic rings. The van der Waals surface area contributed by atoms with Gasteiger partial charge in [0.05, 0.1) is 6.54 Å². The monoisotopic (exact) mass is 418 g/mol. The van der Waals surface area contributed by atoms with Crippen LogP contribution in [0.3, 0.4) is 0 Å². The molecule has 1 aliphatic heterocycles. The molecular weight excluding hydrogens is 388 g/mol. The highest BCUT2D eigenvalue weighted by Crippen LogP contribution is 2.60. The lowest BCUT2D eigenvalue weighted by atomic mass is 9.49. The predicted molar refractivity (Wildman–Crippen MR) is 114 cm³/mol. The number of benzene rings is 1. The molecule has 2 aliphatic carbocycles. The van der Waals surface area contributed by atoms with Gasteiger partial charge < -0.3 is 15.5 Å². The van der Waals surface area contributed by atoms with Gasteiger partial charge in [-0.05, 0) is 61.6 Å². The second-order valence-electron chi connectivity index (χ2n) is 9.25. The average molecular weight is 419 g/mol. The van der Waals surface area contributed by atoms with Crippen molar-refractivity contribution in [1.82, 2.24) is 20.4 Å². The smallest absolute Gasteiger partial charge is 0.315 e. The first-order valence-electron chi connectivity index (χ1n) is 10.6. The van der Waals surface area contributed by atoms with Crippen LogP contribution in [0.15, 0.2) is 24.3 Å². The van der Waals surface area contributed by atoms with Crippen LogP contribution >= 0.6 is 11.6 Å². The third kappa shape index (κ3) is 4.53. The Hall–Kier alpha value is -1.79. The number of carbonyl (C=O) groups is 2. The van der Waals surface area contributed by atoms with Crippen molar-refractivity contribution in [1.29, 1.82) is 0 Å². The van der Waals surface area contributed by atoms with Crippen molar-refractivity contribution in [2.75, 3.05) is 26.7 Å². The van der Waals surface area contributed by atoms with Crippen LogP contribution in [0.5, 0.6) is 0 Å². The maximum atomic E-state index is 12.1. The number of hydrogen-bond acceptors (Lipinski definition) is 3. The molecule has 1 spiro atoms. The lowest BCUT2D eigenvalue weighted by Crippen LogP contribution is -2.61. The Kier molecular flexibility index (Phi) is 5.76. The van der Waals surface area contributed by atoms with Gasteiger partial charge in [0.25, 0.3) is 0 Å². The largest absolute Gasteiger partial charge is 0.343 e. The van der Waals surface area contributed by atoms with E-state index in [1.54, 1.807) is 0 Å². The number of amides is 3. The van der Waals surface area contributed by atoms with Gasteiger partial charge in [0, 0.05) is 43.8 Å². The van der Waals surface area contributed by atoms with Crippen molar-refractivity contribution in [3.8, 4) is 0 Å². The van der Waals surface area contributed by atoms with Gasteiger partial charge in [0.1, 0.15) is 0 Å². The van der Waals surface area contributed by atoms with Crippen LogP contribution < -0.4 is 10.6 Å². The van der Waals surface area contributed by atoms with Gasteiger partial charge in [0.2, 0.25) is 5.91 Å². The quantitative estimate of drug-likeness (QED) is 0.772. The Bertz CT molecular complexity index is 755. The van der Waals surface area contributed by atoms with Gasteiger partial charge >= 0.3 is 6.03 Å². The summed E-state index contributed by atoms with van der Waals surface area (Å²) < 4.78 is 0. The van der Waals surface area contributed by atoms with Crippen LogP contribution in [0.25, 0.3) is 0 Å². The van der Waals surface area contributed by atoms with Gasteiger partial charge in [-0.2, -0.15) is 0 Å². The zero-order chi connectivity index (χ0) is 20.6. The van der Waals surface area contributed by atoms with E-state index in [4.69, 9.17) is 11.6 Å². The topological polar surface area (TPSA) is 64.7 Å². The molecule has 6 nitrogen and oxygen atoms in total. The van der Waals surface area contributed by atoms with E-state index in [0.717, 1.165) is 31.5 Å². The molecule has 1 heterocycles. The van der Waals surface area contributed by atoms with Crippen molar-refractivity contribution in [2.45, 2.75) is 51.2 Å². The maximum absolute atomic E-state index is 12.1. The summed E-state index contributed by atoms with van der Waals surface area (Å²) in [6, 6.07) is 8.15. The van der Waals surface area contributed by atoms with Crippen LogP contribution in [-0.2, 0) is 11.3 Å². The molecule has 1 saturated heterocycles. The normalized spacial score (nSPS) is 30.4. The van der Waals surface area contributed by atoms with Crippen molar-refractivity contribution in [3.63, 3.8) is 0 Å². The van der Waals surface area contributed by atoms with Crippen LogP contribution in [-0.4, -0.2) is 60.5 Å². The highest BCUT2D eigenvalue weighted by atomic mass is 35.5. The lowest BCUT2D eigenvalue weighted by Gasteiger charge is -2.60. The number of piperazine rings is 1. The van der Waals surface area contributed by atoms with Crippen molar-refractivity contribution in [3.05, 3.63) is 34.9 Å². The highest BCUT2D eigenvalue weighted by molar-refractivity contribution is 6.30. The third-order valence-corrected chi connectivity index (χ3v) is 7.45. The molecular formula is C22H31ClN4O2. The first-order valence-corrected chi connectivity index (χ1v) is 11.0. The van der Waals surface area contributed by atoms with E-state index >= 15 is 0 Å². The molecule has 29 heavy (non-hydrogen) atoms. The zero-order valence-electron chi connectivity index (χ0n) is 17.3. The maximum Gasteiger partial charge on any atom is 0.315 e. The summed E-state index contributed by atoms with van der Waals surface area (Å²) in [5.74, 6) is 0.903. The Morgan fingerprint density at radius 1 is 1.21 bits per heavy atom. The van der Waals surface area contributed by atoms with Crippen molar-refractivity contribution >= 4 is 23.5 Å². The standard InChI is InChI=1S/C22H31ClN4O2/c1-15(27-8-7-26(2)20(28)14-27)17-9-22(10-17)11-19(12-22)25-21(29)24-13-16-3-5-18(23)6-4-16/h3-6,15,17,19H,7-14H2,1-2H3,(H2,24,25,29). The zero-order valence-corrected chi connectivity index (χ0v) is 18.0. The second kappa shape index (κ2) is 8.15. The molecule has 158 valence electrons. The molecule has 3 aliphatic rings. The number of halogens is 1. The third-order valence-electron chi connectivity index (χ3n) is 7.20. The fourth-order valence-electron chi connectivity index (χ4n) is 5.26. The van der Waals surface area contributed by atoms with Gasteiger partial charge in [0.15, 0.2) is 0 Å². The molecule has 4 rings (SSSR count). The number of rotatable bonds is 5. The first-order chi connectivity index (χ1) is 13.8. The molecule has 3 fully saturated rings. The fourth-order valence-corrected chi connectivity index (χ4v) is 5.38. The van der Waals surface area contributed by atoms with Crippen LogP contribution in [0.1, 0.15) is 38.2 Å². The lowest BCUT2D eigenvalue weighted by molar-refractivity contribution is -0.138. The molecule has 7 heteroatoms. The van der Waals surface area contributed by atoms with Gasteiger partial charge in [-0.25, -0.2) is 4.79 Å². The Labute approximate surface area is 177 Å². The highest BCUT2D eigenvalue weighted by Gasteiger charge is 2.54. The van der Waals surface area contributed by atoms with E-state index in [0.29, 0.717) is 35.5 Å². The first kappa shape index (κ1) is 20.5. The number of nitrogens with one attached hydrogen (secondary N) is 2. The van der Waals surface area contributed by atoms with E-state index in [9.17, 15) is 9.59 Å². The molecule has 3 amide bonds. The van der Waals surface area contributed by atoms with E-state index in [-0.39, 0.29) is 18.0 Å². The van der Waals surface area contributed by atoms with Crippen LogP contribution in [0, 0.1) is 11.3 Å². The molecule has 2 N–H and O–H groups in total. The minimum absolute atomic E-state index is 0.0972. The number of hydrogen-bond donors (Lipinski definition) is 2. The molecule has 1 atom stereocenters. The number of likely N-dealkylation sites (N-methyl/N-ethyl adjacent to an activating group) is 1. The van der Waals surface area contributed by atoms with E-state index in [1.807, 2.05) is 36.2 Å². The minimum atomic E-state index is -0.0972. The summed E-state index contributed by atoms with van der Waals surface area (Å²) in [5.41, 5.74) is 1.46. The summed E-state index contributed by atoms with van der Waals surface area (Å²) in [6.07, 6.45) is 4.59. The second-order valence-corrected chi connectivity index (χ2v) is 9.69. The summed E-state index contributed by atoms with van der Waals surface area (Å²) in [5, 5.41) is 6.73. The predicted octanol–water partition coefficient (Wildman–Crippen LogP) is 2.86. The number of carbonyl (C=O) groups excluding carboxylic acids is 2. The van der Waals surface area contributed by atoms with Gasteiger partial charge in [-0.1, -0.05) is 23.7 Å². The van der Waals surface area contributed by atoms with E-state index in [2.05, 4.69) is 22.5 Å². The van der Waals surface area contributed by atoms with E-state index < -0.39 is 0 Å². The van der Waals surface area contributed by atoms with E-state index in [1.165, 1.54) is 12.8 Å². The van der Waals surface area contributed by atoms with Gasteiger partial charge in [-0.3, -0.25) is 9.69 Å². The fraction of sp³-hybridized carbons (Fsp3) is 0.636. The van der Waals surface area contributed by atoms with Gasteiger partial charge in [-0.15, -0.1) is 0 Å². The minimum Gasteiger partial charge on any atom is -0.343 e. The summed E-state index contributed by atoms with van der Waals surface area (Å²) in [4.78, 5) is 28.3. The molecule has 2 saturated carbocycles. The van der Waals surface area contributed by atoms with Crippen LogP contribution in [0.2, 0.25) is 5.02 Å². The average Bonchev–Trinajstić information content (AvgIpc) is 2.64. The summed E-state index contributed by atoms with van der Waals surface area (Å²) in [6.45, 7) is 5.14. The Morgan fingerprint density at radius 3 is 2.55 bits per heavy atom.